The molecule has 0 heterocycles. The van der Waals surface area contributed by atoms with Crippen LogP contribution in [0.1, 0.15) is 49.9 Å². The van der Waals surface area contributed by atoms with Gasteiger partial charge in [0.2, 0.25) is 0 Å². The highest BCUT2D eigenvalue weighted by atomic mass is 15.1. The molecule has 0 aromatic heterocycles. The van der Waals surface area contributed by atoms with Crippen LogP contribution in [0, 0.1) is 0 Å². The van der Waals surface area contributed by atoms with Crippen LogP contribution >= 0.6 is 0 Å². The van der Waals surface area contributed by atoms with Gasteiger partial charge in [0.05, 0.1) is 11.4 Å². The molecule has 2 aliphatic carbocycles. The van der Waals surface area contributed by atoms with Crippen LogP contribution in [0.3, 0.4) is 0 Å². The predicted molar refractivity (Wildman–Crippen MR) is 263 cm³/mol. The lowest BCUT2D eigenvalue weighted by Crippen LogP contribution is -2.16. The van der Waals surface area contributed by atoms with Gasteiger partial charge in [0.25, 0.3) is 0 Å². The standard InChI is InChI=1S/C60H46N2/c1-59(2)53-25-13-11-21-47(53)49-31-29-41(37-55(49)59)61(39-17-7-5-8-18-39)57-27-15-23-43-45-34-36-52-44(46(45)33-35-51(43)57)24-16-28-58(52)62(40-19-9-6-10-20-40)42-30-32-50-48-22-12-14-26-54(48)60(3,4)56(50)38-42/h5-38H,1-4H3. The second-order valence-electron chi connectivity index (χ2n) is 18.1. The second kappa shape index (κ2) is 13.5. The summed E-state index contributed by atoms with van der Waals surface area (Å²) in [5, 5.41) is 7.40. The maximum atomic E-state index is 2.45. The molecule has 0 saturated heterocycles. The third-order valence-corrected chi connectivity index (χ3v) is 14.0. The number of para-hydroxylation sites is 2. The van der Waals surface area contributed by atoms with Crippen LogP contribution < -0.4 is 9.80 Å². The summed E-state index contributed by atoms with van der Waals surface area (Å²) in [6.45, 7) is 9.44. The fourth-order valence-electron chi connectivity index (χ4n) is 11.0. The molecular formula is C60H46N2. The van der Waals surface area contributed by atoms with E-state index in [2.05, 4.69) is 244 Å². The zero-order chi connectivity index (χ0) is 41.7. The van der Waals surface area contributed by atoms with E-state index >= 15 is 0 Å². The SMILES string of the molecule is CC1(C)c2ccccc2-c2ccc(N(c3ccccc3)c3cccc4c3ccc3c5cccc(N(c6ccccc6)c6ccc7c(c6)C(C)(C)c6ccccc6-7)c5ccc43)cc21. The number of rotatable bonds is 6. The zero-order valence-corrected chi connectivity index (χ0v) is 35.5. The van der Waals surface area contributed by atoms with Crippen molar-refractivity contribution in [3.8, 4) is 22.3 Å². The summed E-state index contributed by atoms with van der Waals surface area (Å²) >= 11 is 0. The Morgan fingerprint density at radius 1 is 0.258 bits per heavy atom. The molecule has 10 aromatic carbocycles. The number of benzene rings is 10. The Hall–Kier alpha value is -7.42. The number of nitrogens with zero attached hydrogens (tertiary/aromatic N) is 2. The van der Waals surface area contributed by atoms with Gasteiger partial charge < -0.3 is 9.80 Å². The average Bonchev–Trinajstić information content (AvgIpc) is 3.68. The van der Waals surface area contributed by atoms with Crippen LogP contribution in [0.4, 0.5) is 34.1 Å². The van der Waals surface area contributed by atoms with Crippen molar-refractivity contribution in [2.24, 2.45) is 0 Å². The first-order chi connectivity index (χ1) is 30.3. The monoisotopic (exact) mass is 794 g/mol. The smallest absolute Gasteiger partial charge is 0.0540 e. The minimum atomic E-state index is -0.0990. The van der Waals surface area contributed by atoms with Crippen LogP contribution in [0.25, 0.3) is 54.6 Å². The van der Waals surface area contributed by atoms with Crippen molar-refractivity contribution in [3.63, 3.8) is 0 Å². The summed E-state index contributed by atoms with van der Waals surface area (Å²) in [5.74, 6) is 0. The molecule has 296 valence electrons. The molecule has 2 aliphatic rings. The normalized spacial score (nSPS) is 14.1. The van der Waals surface area contributed by atoms with Crippen LogP contribution in [0.15, 0.2) is 206 Å². The van der Waals surface area contributed by atoms with E-state index in [0.717, 1.165) is 34.1 Å². The van der Waals surface area contributed by atoms with Crippen molar-refractivity contribution in [2.45, 2.75) is 38.5 Å². The van der Waals surface area contributed by atoms with E-state index in [1.165, 1.54) is 76.8 Å². The Kier molecular flexibility index (Phi) is 7.96. The Morgan fingerprint density at radius 2 is 0.613 bits per heavy atom. The minimum absolute atomic E-state index is 0.0990. The third kappa shape index (κ3) is 5.29. The molecule has 10 aromatic rings. The molecule has 0 aliphatic heterocycles. The molecule has 0 amide bonds. The third-order valence-electron chi connectivity index (χ3n) is 14.0. The highest BCUT2D eigenvalue weighted by Gasteiger charge is 2.37. The molecule has 2 heteroatoms. The van der Waals surface area contributed by atoms with Crippen molar-refractivity contribution in [3.05, 3.63) is 229 Å². The first-order valence-electron chi connectivity index (χ1n) is 21.9. The van der Waals surface area contributed by atoms with E-state index in [4.69, 9.17) is 0 Å². The quantitative estimate of drug-likeness (QED) is 0.155. The van der Waals surface area contributed by atoms with E-state index in [9.17, 15) is 0 Å². The molecule has 0 radical (unpaired) electrons. The van der Waals surface area contributed by atoms with Gasteiger partial charge in [-0.2, -0.15) is 0 Å². The molecular weight excluding hydrogens is 749 g/mol. The Bertz CT molecular complexity index is 3190. The molecule has 0 spiro atoms. The van der Waals surface area contributed by atoms with Gasteiger partial charge in [0, 0.05) is 44.4 Å². The van der Waals surface area contributed by atoms with Crippen molar-refractivity contribution >= 4 is 66.4 Å². The lowest BCUT2D eigenvalue weighted by Gasteiger charge is -2.29. The number of fused-ring (bicyclic) bond motifs is 11. The first-order valence-corrected chi connectivity index (χ1v) is 21.9. The topological polar surface area (TPSA) is 6.48 Å². The van der Waals surface area contributed by atoms with Crippen molar-refractivity contribution in [1.29, 1.82) is 0 Å². The summed E-state index contributed by atoms with van der Waals surface area (Å²) in [4.78, 5) is 4.89. The summed E-state index contributed by atoms with van der Waals surface area (Å²) in [6, 6.07) is 76.5. The Balaban J connectivity index is 1.02. The van der Waals surface area contributed by atoms with Gasteiger partial charge in [0.1, 0.15) is 0 Å². The van der Waals surface area contributed by atoms with E-state index in [1.807, 2.05) is 0 Å². The van der Waals surface area contributed by atoms with Gasteiger partial charge >= 0.3 is 0 Å². The van der Waals surface area contributed by atoms with E-state index in [0.29, 0.717) is 0 Å². The summed E-state index contributed by atoms with van der Waals surface area (Å²) in [6.07, 6.45) is 0. The molecule has 2 nitrogen and oxygen atoms in total. The molecule has 0 bridgehead atoms. The highest BCUT2D eigenvalue weighted by Crippen LogP contribution is 2.53. The van der Waals surface area contributed by atoms with E-state index < -0.39 is 0 Å². The van der Waals surface area contributed by atoms with E-state index in [-0.39, 0.29) is 10.8 Å². The summed E-state index contributed by atoms with van der Waals surface area (Å²) in [5.41, 5.74) is 17.6. The van der Waals surface area contributed by atoms with Crippen LogP contribution in [-0.2, 0) is 10.8 Å². The lowest BCUT2D eigenvalue weighted by molar-refractivity contribution is 0.660. The van der Waals surface area contributed by atoms with Gasteiger partial charge in [-0.1, -0.05) is 173 Å². The maximum absolute atomic E-state index is 2.45. The molecule has 0 N–H and O–H groups in total. The van der Waals surface area contributed by atoms with Crippen LogP contribution in [-0.4, -0.2) is 0 Å². The summed E-state index contributed by atoms with van der Waals surface area (Å²) < 4.78 is 0. The largest absolute Gasteiger partial charge is 0.310 e. The Labute approximate surface area is 364 Å². The molecule has 12 rings (SSSR count). The number of hydrogen-bond acceptors (Lipinski definition) is 2. The van der Waals surface area contributed by atoms with Crippen LogP contribution in [0.2, 0.25) is 0 Å². The molecule has 0 unspecified atom stereocenters. The van der Waals surface area contributed by atoms with Gasteiger partial charge in [-0.25, -0.2) is 0 Å². The molecule has 62 heavy (non-hydrogen) atoms. The zero-order valence-electron chi connectivity index (χ0n) is 35.5. The second-order valence-corrected chi connectivity index (χ2v) is 18.1. The maximum Gasteiger partial charge on any atom is 0.0540 e. The van der Waals surface area contributed by atoms with Crippen molar-refractivity contribution in [1.82, 2.24) is 0 Å². The molecule has 0 saturated carbocycles. The van der Waals surface area contributed by atoms with Crippen LogP contribution in [0.5, 0.6) is 0 Å². The Morgan fingerprint density at radius 3 is 1.05 bits per heavy atom. The number of hydrogen-bond donors (Lipinski definition) is 0. The highest BCUT2D eigenvalue weighted by molar-refractivity contribution is 6.21. The van der Waals surface area contributed by atoms with Gasteiger partial charge in [-0.05, 0) is 127 Å². The summed E-state index contributed by atoms with van der Waals surface area (Å²) in [7, 11) is 0. The van der Waals surface area contributed by atoms with Gasteiger partial charge in [-0.3, -0.25) is 0 Å². The fourth-order valence-corrected chi connectivity index (χ4v) is 11.0. The molecule has 0 atom stereocenters. The van der Waals surface area contributed by atoms with Crippen molar-refractivity contribution in [2.75, 3.05) is 9.80 Å². The molecule has 0 fully saturated rings. The van der Waals surface area contributed by atoms with Gasteiger partial charge in [0.15, 0.2) is 0 Å². The lowest BCUT2D eigenvalue weighted by atomic mass is 9.82. The van der Waals surface area contributed by atoms with E-state index in [1.54, 1.807) is 0 Å². The average molecular weight is 795 g/mol. The predicted octanol–water partition coefficient (Wildman–Crippen LogP) is 16.7. The number of anilines is 6. The fraction of sp³-hybridized carbons (Fsp3) is 0.100. The van der Waals surface area contributed by atoms with Gasteiger partial charge in [-0.15, -0.1) is 0 Å². The first kappa shape index (κ1) is 36.4. The minimum Gasteiger partial charge on any atom is -0.310 e. The van der Waals surface area contributed by atoms with Crippen molar-refractivity contribution < 1.29 is 0 Å².